The summed E-state index contributed by atoms with van der Waals surface area (Å²) in [6.07, 6.45) is 4.60. The molecular formula is C15H23N5O2. The fourth-order valence-corrected chi connectivity index (χ4v) is 2.92. The number of hydrogen-bond donors (Lipinski definition) is 0. The summed E-state index contributed by atoms with van der Waals surface area (Å²) in [5.74, 6) is 1.38. The van der Waals surface area contributed by atoms with Crippen molar-refractivity contribution in [1.82, 2.24) is 19.8 Å². The molecule has 7 nitrogen and oxygen atoms in total. The number of carbonyl (C=O) groups is 1. The molecule has 2 aliphatic rings. The van der Waals surface area contributed by atoms with E-state index in [1.165, 1.54) is 6.33 Å². The van der Waals surface area contributed by atoms with Gasteiger partial charge in [-0.3, -0.25) is 0 Å². The summed E-state index contributed by atoms with van der Waals surface area (Å²) in [4.78, 5) is 26.4. The standard InChI is InChI=1S/C15H23N5O2/c1-18(2)13-9-14(17-11-16-13)22-12-5-8-20(10-12)15(21)19-6-3-4-7-19/h9,11-12H,3-8,10H2,1-2H3. The van der Waals surface area contributed by atoms with E-state index in [0.29, 0.717) is 12.4 Å². The molecule has 120 valence electrons. The zero-order valence-electron chi connectivity index (χ0n) is 13.2. The molecule has 2 amide bonds. The lowest BCUT2D eigenvalue weighted by Crippen LogP contribution is -2.41. The summed E-state index contributed by atoms with van der Waals surface area (Å²) in [7, 11) is 3.86. The fraction of sp³-hybridized carbons (Fsp3) is 0.667. The summed E-state index contributed by atoms with van der Waals surface area (Å²) in [6, 6.07) is 1.98. The van der Waals surface area contributed by atoms with Crippen LogP contribution in [-0.4, -0.2) is 72.2 Å². The summed E-state index contributed by atoms with van der Waals surface area (Å²) in [6.45, 7) is 3.17. The van der Waals surface area contributed by atoms with Crippen LogP contribution in [-0.2, 0) is 0 Å². The number of likely N-dealkylation sites (tertiary alicyclic amines) is 2. The summed E-state index contributed by atoms with van der Waals surface area (Å²) >= 11 is 0. The van der Waals surface area contributed by atoms with Crippen LogP contribution in [0.15, 0.2) is 12.4 Å². The zero-order chi connectivity index (χ0) is 15.5. The molecule has 0 aromatic carbocycles. The summed E-state index contributed by atoms with van der Waals surface area (Å²) in [5.41, 5.74) is 0. The minimum atomic E-state index is 0.0106. The van der Waals surface area contributed by atoms with Crippen molar-refractivity contribution in [3.63, 3.8) is 0 Å². The highest BCUT2D eigenvalue weighted by atomic mass is 16.5. The van der Waals surface area contributed by atoms with Crippen LogP contribution in [0.1, 0.15) is 19.3 Å². The van der Waals surface area contributed by atoms with Gasteiger partial charge < -0.3 is 19.4 Å². The van der Waals surface area contributed by atoms with Crippen molar-refractivity contribution in [3.8, 4) is 5.88 Å². The fourth-order valence-electron chi connectivity index (χ4n) is 2.92. The minimum Gasteiger partial charge on any atom is -0.472 e. The molecule has 0 saturated carbocycles. The van der Waals surface area contributed by atoms with Gasteiger partial charge in [-0.1, -0.05) is 0 Å². The number of carbonyl (C=O) groups excluding carboxylic acids is 1. The number of urea groups is 1. The summed E-state index contributed by atoms with van der Waals surface area (Å²) in [5, 5.41) is 0. The Labute approximate surface area is 130 Å². The monoisotopic (exact) mass is 305 g/mol. The van der Waals surface area contributed by atoms with Gasteiger partial charge in [0, 0.05) is 46.2 Å². The first-order chi connectivity index (χ1) is 10.6. The van der Waals surface area contributed by atoms with E-state index < -0.39 is 0 Å². The van der Waals surface area contributed by atoms with Crippen LogP contribution in [0.5, 0.6) is 5.88 Å². The van der Waals surface area contributed by atoms with Gasteiger partial charge in [0.2, 0.25) is 5.88 Å². The average Bonchev–Trinajstić information content (AvgIpc) is 3.18. The molecule has 7 heteroatoms. The van der Waals surface area contributed by atoms with Gasteiger partial charge in [-0.2, -0.15) is 0 Å². The van der Waals surface area contributed by atoms with Gasteiger partial charge in [0.15, 0.2) is 0 Å². The average molecular weight is 305 g/mol. The molecule has 0 spiro atoms. The predicted molar refractivity (Wildman–Crippen MR) is 83.2 cm³/mol. The largest absolute Gasteiger partial charge is 0.472 e. The molecule has 1 aromatic heterocycles. The first-order valence-corrected chi connectivity index (χ1v) is 7.83. The number of nitrogens with zero attached hydrogens (tertiary/aromatic N) is 5. The summed E-state index contributed by atoms with van der Waals surface area (Å²) < 4.78 is 5.92. The second-order valence-corrected chi connectivity index (χ2v) is 6.06. The van der Waals surface area contributed by atoms with Crippen LogP contribution >= 0.6 is 0 Å². The number of ether oxygens (including phenoxy) is 1. The number of rotatable bonds is 3. The molecule has 1 atom stereocenters. The van der Waals surface area contributed by atoms with Crippen molar-refractivity contribution in [2.45, 2.75) is 25.4 Å². The molecule has 0 radical (unpaired) electrons. The Bertz CT molecular complexity index is 530. The minimum absolute atomic E-state index is 0.0106. The lowest BCUT2D eigenvalue weighted by molar-refractivity contribution is 0.159. The van der Waals surface area contributed by atoms with E-state index in [2.05, 4.69) is 9.97 Å². The maximum atomic E-state index is 12.4. The molecule has 3 rings (SSSR count). The highest BCUT2D eigenvalue weighted by Gasteiger charge is 2.31. The van der Waals surface area contributed by atoms with Gasteiger partial charge in [0.1, 0.15) is 18.2 Å². The maximum absolute atomic E-state index is 12.4. The molecule has 1 aromatic rings. The van der Waals surface area contributed by atoms with Gasteiger partial charge in [-0.15, -0.1) is 0 Å². The Morgan fingerprint density at radius 1 is 1.23 bits per heavy atom. The number of anilines is 1. The van der Waals surface area contributed by atoms with Crippen LogP contribution in [0.2, 0.25) is 0 Å². The molecule has 0 bridgehead atoms. The Morgan fingerprint density at radius 3 is 2.73 bits per heavy atom. The third-order valence-corrected chi connectivity index (χ3v) is 4.17. The lowest BCUT2D eigenvalue weighted by atomic mass is 10.3. The molecule has 3 heterocycles. The third-order valence-electron chi connectivity index (χ3n) is 4.17. The molecule has 2 fully saturated rings. The van der Waals surface area contributed by atoms with Crippen molar-refractivity contribution in [2.24, 2.45) is 0 Å². The third kappa shape index (κ3) is 3.23. The van der Waals surface area contributed by atoms with Gasteiger partial charge in [-0.05, 0) is 12.8 Å². The second kappa shape index (κ2) is 6.37. The van der Waals surface area contributed by atoms with Crippen LogP contribution in [0.3, 0.4) is 0 Å². The zero-order valence-corrected chi connectivity index (χ0v) is 13.2. The van der Waals surface area contributed by atoms with E-state index in [4.69, 9.17) is 4.74 Å². The van der Waals surface area contributed by atoms with E-state index in [-0.39, 0.29) is 12.1 Å². The Balaban J connectivity index is 1.56. The Hall–Kier alpha value is -2.05. The Kier molecular flexibility index (Phi) is 4.31. The number of aromatic nitrogens is 2. The van der Waals surface area contributed by atoms with E-state index in [1.807, 2.05) is 34.9 Å². The smallest absolute Gasteiger partial charge is 0.320 e. The van der Waals surface area contributed by atoms with E-state index in [9.17, 15) is 4.79 Å². The molecular weight excluding hydrogens is 282 g/mol. The van der Waals surface area contributed by atoms with E-state index in [1.54, 1.807) is 0 Å². The van der Waals surface area contributed by atoms with Gasteiger partial charge >= 0.3 is 6.03 Å². The molecule has 1 unspecified atom stereocenters. The van der Waals surface area contributed by atoms with Crippen LogP contribution in [0.25, 0.3) is 0 Å². The SMILES string of the molecule is CN(C)c1cc(OC2CCN(C(=O)N3CCCC3)C2)ncn1. The van der Waals surface area contributed by atoms with Gasteiger partial charge in [0.05, 0.1) is 6.54 Å². The van der Waals surface area contributed by atoms with Crippen molar-refractivity contribution in [1.29, 1.82) is 0 Å². The van der Waals surface area contributed by atoms with Crippen molar-refractivity contribution in [3.05, 3.63) is 12.4 Å². The Morgan fingerprint density at radius 2 is 2.00 bits per heavy atom. The molecule has 0 N–H and O–H groups in total. The molecule has 22 heavy (non-hydrogen) atoms. The quantitative estimate of drug-likeness (QED) is 0.840. The van der Waals surface area contributed by atoms with E-state index in [0.717, 1.165) is 44.7 Å². The highest BCUT2D eigenvalue weighted by Crippen LogP contribution is 2.21. The predicted octanol–water partition coefficient (Wildman–Crippen LogP) is 1.21. The molecule has 0 aliphatic carbocycles. The number of amides is 2. The van der Waals surface area contributed by atoms with Crippen molar-refractivity contribution >= 4 is 11.8 Å². The van der Waals surface area contributed by atoms with Crippen LogP contribution in [0, 0.1) is 0 Å². The second-order valence-electron chi connectivity index (χ2n) is 6.06. The van der Waals surface area contributed by atoms with Crippen LogP contribution in [0.4, 0.5) is 10.6 Å². The lowest BCUT2D eigenvalue weighted by Gasteiger charge is -2.23. The van der Waals surface area contributed by atoms with E-state index >= 15 is 0 Å². The molecule has 2 saturated heterocycles. The first-order valence-electron chi connectivity index (χ1n) is 7.83. The maximum Gasteiger partial charge on any atom is 0.320 e. The highest BCUT2D eigenvalue weighted by molar-refractivity contribution is 5.75. The van der Waals surface area contributed by atoms with Gasteiger partial charge in [0.25, 0.3) is 0 Å². The van der Waals surface area contributed by atoms with Crippen molar-refractivity contribution < 1.29 is 9.53 Å². The topological polar surface area (TPSA) is 61.8 Å². The van der Waals surface area contributed by atoms with Crippen LogP contribution < -0.4 is 9.64 Å². The number of hydrogen-bond acceptors (Lipinski definition) is 5. The van der Waals surface area contributed by atoms with Crippen molar-refractivity contribution in [2.75, 3.05) is 45.2 Å². The normalized spacial score (nSPS) is 21.3. The first kappa shape index (κ1) is 14.9. The molecule has 2 aliphatic heterocycles. The van der Waals surface area contributed by atoms with Gasteiger partial charge in [-0.25, -0.2) is 14.8 Å².